The molecule has 0 bridgehead atoms. The summed E-state index contributed by atoms with van der Waals surface area (Å²) in [5.41, 5.74) is 2.62. The first-order chi connectivity index (χ1) is 13.7. The van der Waals surface area contributed by atoms with Crippen LogP contribution in [0, 0.1) is 0 Å². The van der Waals surface area contributed by atoms with Crippen molar-refractivity contribution in [1.29, 1.82) is 0 Å². The number of aryl methyl sites for hydroxylation is 1. The molecule has 0 aromatic heterocycles. The number of ether oxygens (including phenoxy) is 1. The number of carbonyl (C=O) groups excluding carboxylic acids is 3. The summed E-state index contributed by atoms with van der Waals surface area (Å²) in [6.45, 7) is 0.698. The second kappa shape index (κ2) is 9.69. The molecule has 0 aliphatic carbocycles. The molecule has 6 nitrogen and oxygen atoms in total. The number of nitrogens with zero attached hydrogens (tertiary/aromatic N) is 1. The van der Waals surface area contributed by atoms with Gasteiger partial charge in [0.2, 0.25) is 5.91 Å². The topological polar surface area (TPSA) is 75.7 Å². The highest BCUT2D eigenvalue weighted by Gasteiger charge is 2.35. The number of hydrogen-bond donors (Lipinski definition) is 1. The van der Waals surface area contributed by atoms with Crippen molar-refractivity contribution >= 4 is 24.0 Å². The van der Waals surface area contributed by atoms with Crippen molar-refractivity contribution in [3.63, 3.8) is 0 Å². The Kier molecular flexibility index (Phi) is 6.78. The van der Waals surface area contributed by atoms with E-state index in [0.29, 0.717) is 31.5 Å². The van der Waals surface area contributed by atoms with Gasteiger partial charge in [0.05, 0.1) is 0 Å². The second-order valence-corrected chi connectivity index (χ2v) is 6.78. The summed E-state index contributed by atoms with van der Waals surface area (Å²) in [4.78, 5) is 37.0. The maximum Gasteiger partial charge on any atom is 0.410 e. The molecule has 1 N–H and O–H groups in total. The van der Waals surface area contributed by atoms with Gasteiger partial charge in [-0.25, -0.2) is 4.79 Å². The Morgan fingerprint density at radius 3 is 2.54 bits per heavy atom. The number of nitrogens with one attached hydrogen (secondary N) is 1. The molecule has 1 atom stereocenters. The number of hydrogen-bond acceptors (Lipinski definition) is 4. The van der Waals surface area contributed by atoms with Crippen molar-refractivity contribution in [2.75, 3.05) is 11.9 Å². The van der Waals surface area contributed by atoms with E-state index in [1.165, 1.54) is 4.90 Å². The van der Waals surface area contributed by atoms with Gasteiger partial charge in [0.15, 0.2) is 0 Å². The van der Waals surface area contributed by atoms with Crippen LogP contribution in [0.4, 0.5) is 10.5 Å². The highest BCUT2D eigenvalue weighted by molar-refractivity contribution is 5.96. The summed E-state index contributed by atoms with van der Waals surface area (Å²) in [5, 5.41) is 2.87. The van der Waals surface area contributed by atoms with Crippen LogP contribution in [0.3, 0.4) is 0 Å². The fourth-order valence-electron chi connectivity index (χ4n) is 3.27. The minimum absolute atomic E-state index is 0.187. The molecule has 1 aliphatic rings. The highest BCUT2D eigenvalue weighted by atomic mass is 16.6. The van der Waals surface area contributed by atoms with E-state index in [1.54, 1.807) is 0 Å². The lowest BCUT2D eigenvalue weighted by molar-refractivity contribution is -0.120. The quantitative estimate of drug-likeness (QED) is 0.745. The number of anilines is 1. The summed E-state index contributed by atoms with van der Waals surface area (Å²) in [6.07, 6.45) is 2.97. The van der Waals surface area contributed by atoms with Crippen LogP contribution in [0.1, 0.15) is 30.4 Å². The van der Waals surface area contributed by atoms with E-state index in [4.69, 9.17) is 4.74 Å². The third-order valence-electron chi connectivity index (χ3n) is 4.77. The van der Waals surface area contributed by atoms with Gasteiger partial charge in [-0.3, -0.25) is 9.69 Å². The molecular weight excluding hydrogens is 356 g/mol. The number of rotatable bonds is 7. The first kappa shape index (κ1) is 19.6. The van der Waals surface area contributed by atoms with Crippen molar-refractivity contribution < 1.29 is 19.1 Å². The first-order valence-electron chi connectivity index (χ1n) is 9.48. The lowest BCUT2D eigenvalue weighted by atomic mass is 10.1. The van der Waals surface area contributed by atoms with E-state index in [-0.39, 0.29) is 12.5 Å². The predicted molar refractivity (Wildman–Crippen MR) is 106 cm³/mol. The molecule has 28 heavy (non-hydrogen) atoms. The third kappa shape index (κ3) is 5.19. The molecular formula is C22H24N2O4. The summed E-state index contributed by atoms with van der Waals surface area (Å²) in [6, 6.07) is 16.3. The summed E-state index contributed by atoms with van der Waals surface area (Å²) in [7, 11) is 0. The monoisotopic (exact) mass is 380 g/mol. The predicted octanol–water partition coefficient (Wildman–Crippen LogP) is 3.56. The zero-order chi connectivity index (χ0) is 19.8. The van der Waals surface area contributed by atoms with Gasteiger partial charge in [-0.2, -0.15) is 0 Å². The molecule has 1 aliphatic heterocycles. The van der Waals surface area contributed by atoms with Gasteiger partial charge in [-0.05, 0) is 42.5 Å². The van der Waals surface area contributed by atoms with E-state index in [0.717, 1.165) is 23.8 Å². The summed E-state index contributed by atoms with van der Waals surface area (Å²) >= 11 is 0. The lowest BCUT2D eigenvalue weighted by Gasteiger charge is -2.23. The average molecular weight is 380 g/mol. The van der Waals surface area contributed by atoms with Gasteiger partial charge in [0.25, 0.3) is 0 Å². The molecule has 2 aromatic rings. The summed E-state index contributed by atoms with van der Waals surface area (Å²) in [5.74, 6) is -0.213. The zero-order valence-corrected chi connectivity index (χ0v) is 15.7. The van der Waals surface area contributed by atoms with Gasteiger partial charge < -0.3 is 14.8 Å². The van der Waals surface area contributed by atoms with Gasteiger partial charge in [-0.1, -0.05) is 42.5 Å². The van der Waals surface area contributed by atoms with Crippen molar-refractivity contribution in [2.24, 2.45) is 0 Å². The maximum atomic E-state index is 12.7. The number of aldehydes is 1. The SMILES string of the molecule is O=CCCc1ccc(NC(=O)C2CCCN2C(=O)OCc2ccccc2)cc1. The molecule has 2 aromatic carbocycles. The van der Waals surface area contributed by atoms with Crippen LogP contribution in [0.5, 0.6) is 0 Å². The fourth-order valence-corrected chi connectivity index (χ4v) is 3.27. The van der Waals surface area contributed by atoms with Crippen LogP contribution < -0.4 is 5.32 Å². The molecule has 1 heterocycles. The first-order valence-corrected chi connectivity index (χ1v) is 9.48. The Hall–Kier alpha value is -3.15. The Labute approximate surface area is 164 Å². The normalized spacial score (nSPS) is 15.9. The van der Waals surface area contributed by atoms with Crippen molar-refractivity contribution in [2.45, 2.75) is 38.3 Å². The lowest BCUT2D eigenvalue weighted by Crippen LogP contribution is -2.43. The standard InChI is InChI=1S/C22H24N2O4/c25-15-5-8-17-10-12-19(13-11-17)23-21(26)20-9-4-14-24(20)22(27)28-16-18-6-2-1-3-7-18/h1-3,6-7,10-13,15,20H,4-5,8-9,14,16H2,(H,23,26). The van der Waals surface area contributed by atoms with Crippen LogP contribution in [0.2, 0.25) is 0 Å². The van der Waals surface area contributed by atoms with Gasteiger partial charge in [-0.15, -0.1) is 0 Å². The smallest absolute Gasteiger partial charge is 0.410 e. The second-order valence-electron chi connectivity index (χ2n) is 6.78. The van der Waals surface area contributed by atoms with Crippen molar-refractivity contribution in [3.05, 3.63) is 65.7 Å². The molecule has 1 saturated heterocycles. The van der Waals surface area contributed by atoms with E-state index in [2.05, 4.69) is 5.32 Å². The molecule has 0 spiro atoms. The van der Waals surface area contributed by atoms with Crippen LogP contribution >= 0.6 is 0 Å². The van der Waals surface area contributed by atoms with Crippen molar-refractivity contribution in [3.8, 4) is 0 Å². The van der Waals surface area contributed by atoms with Crippen molar-refractivity contribution in [1.82, 2.24) is 4.90 Å². The number of likely N-dealkylation sites (tertiary alicyclic amines) is 1. The summed E-state index contributed by atoms with van der Waals surface area (Å²) < 4.78 is 5.37. The Bertz CT molecular complexity index is 805. The highest BCUT2D eigenvalue weighted by Crippen LogP contribution is 2.21. The average Bonchev–Trinajstić information content (AvgIpc) is 3.22. The Balaban J connectivity index is 1.54. The van der Waals surface area contributed by atoms with E-state index in [1.807, 2.05) is 54.6 Å². The zero-order valence-electron chi connectivity index (χ0n) is 15.7. The molecule has 6 heteroatoms. The van der Waals surface area contributed by atoms with E-state index >= 15 is 0 Å². The Morgan fingerprint density at radius 1 is 1.07 bits per heavy atom. The minimum atomic E-state index is -0.530. The number of benzene rings is 2. The fraction of sp³-hybridized carbons (Fsp3) is 0.318. The van der Waals surface area contributed by atoms with Gasteiger partial charge in [0.1, 0.15) is 18.9 Å². The number of amides is 2. The van der Waals surface area contributed by atoms with Gasteiger partial charge >= 0.3 is 6.09 Å². The largest absolute Gasteiger partial charge is 0.445 e. The number of carbonyl (C=O) groups is 3. The van der Waals surface area contributed by atoms with Crippen LogP contribution in [0.25, 0.3) is 0 Å². The van der Waals surface area contributed by atoms with Crippen LogP contribution in [0.15, 0.2) is 54.6 Å². The van der Waals surface area contributed by atoms with Crippen LogP contribution in [-0.4, -0.2) is 35.8 Å². The maximum absolute atomic E-state index is 12.7. The molecule has 3 rings (SSSR count). The molecule has 1 unspecified atom stereocenters. The van der Waals surface area contributed by atoms with E-state index < -0.39 is 12.1 Å². The molecule has 1 fully saturated rings. The van der Waals surface area contributed by atoms with E-state index in [9.17, 15) is 14.4 Å². The molecule has 146 valence electrons. The molecule has 0 saturated carbocycles. The Morgan fingerprint density at radius 2 is 1.82 bits per heavy atom. The van der Waals surface area contributed by atoms with Gasteiger partial charge in [0, 0.05) is 18.7 Å². The minimum Gasteiger partial charge on any atom is -0.445 e. The third-order valence-corrected chi connectivity index (χ3v) is 4.77. The molecule has 0 radical (unpaired) electrons. The molecule has 2 amide bonds. The van der Waals surface area contributed by atoms with Crippen LogP contribution in [-0.2, 0) is 27.4 Å².